The number of aliphatic imine (C=N–C) groups is 1. The number of anilines is 1. The van der Waals surface area contributed by atoms with Crippen molar-refractivity contribution in [2.45, 2.75) is 31.0 Å². The molecule has 0 radical (unpaired) electrons. The second kappa shape index (κ2) is 10.9. The van der Waals surface area contributed by atoms with Crippen molar-refractivity contribution in [2.75, 3.05) is 18.4 Å². The number of thioether (sulfide) groups is 1. The Hall–Kier alpha value is -3.75. The molecule has 0 saturated heterocycles. The van der Waals surface area contributed by atoms with Gasteiger partial charge in [0.15, 0.2) is 5.96 Å². The van der Waals surface area contributed by atoms with Crippen LogP contribution < -0.4 is 10.6 Å². The lowest BCUT2D eigenvalue weighted by Crippen LogP contribution is -2.33. The molecule has 11 nitrogen and oxygen atoms in total. The first-order valence-electron chi connectivity index (χ1n) is 9.80. The van der Waals surface area contributed by atoms with Gasteiger partial charge >= 0.3 is 6.18 Å². The van der Waals surface area contributed by atoms with Crippen LogP contribution in [0.15, 0.2) is 45.1 Å². The van der Waals surface area contributed by atoms with Crippen molar-refractivity contribution in [3.8, 4) is 11.5 Å². The molecule has 0 fully saturated rings. The molecule has 2 heterocycles. The zero-order valence-electron chi connectivity index (χ0n) is 18.0. The fraction of sp³-hybridized carbons (Fsp3) is 0.316. The highest BCUT2D eigenvalue weighted by molar-refractivity contribution is 7.98. The molecule has 0 saturated carbocycles. The average Bonchev–Trinajstić information content (AvgIpc) is 3.26. The first-order chi connectivity index (χ1) is 16.1. The van der Waals surface area contributed by atoms with Gasteiger partial charge in [-0.25, -0.2) is 15.0 Å². The molecule has 0 aliphatic rings. The first-order valence-corrected chi connectivity index (χ1v) is 10.8. The number of hydrogen-bond acceptors (Lipinski definition) is 9. The van der Waals surface area contributed by atoms with Crippen molar-refractivity contribution < 1.29 is 22.5 Å². The van der Waals surface area contributed by atoms with Crippen LogP contribution in [0.5, 0.6) is 0 Å². The minimum absolute atomic E-state index is 0.0621. The van der Waals surface area contributed by atoms with Gasteiger partial charge in [0.05, 0.1) is 4.92 Å². The summed E-state index contributed by atoms with van der Waals surface area (Å²) in [6.07, 6.45) is -2.90. The molecule has 0 unspecified atom stereocenters. The van der Waals surface area contributed by atoms with Gasteiger partial charge in [-0.1, -0.05) is 11.8 Å². The van der Waals surface area contributed by atoms with Gasteiger partial charge in [-0.2, -0.15) is 13.2 Å². The minimum atomic E-state index is -4.44. The Morgan fingerprint density at radius 1 is 1.26 bits per heavy atom. The number of rotatable bonds is 8. The van der Waals surface area contributed by atoms with E-state index in [4.69, 9.17) is 4.42 Å². The Kier molecular flexibility index (Phi) is 7.99. The normalized spacial score (nSPS) is 12.0. The standard InChI is InChI=1S/C19H19F3N8O3S/c1-3-23-17(25-10-19(20,21)22)27-15-13(8-24-11(2)26-15)9-34-18-29-28-16(33-18)12-4-6-14(7-5-12)30(31)32/h4-8H,3,9-10H2,1-2H3,(H2,23,24,25,26,27). The highest BCUT2D eigenvalue weighted by atomic mass is 32.2. The summed E-state index contributed by atoms with van der Waals surface area (Å²) in [5.74, 6) is 1.09. The molecule has 3 rings (SSSR count). The van der Waals surface area contributed by atoms with Gasteiger partial charge in [0, 0.05) is 41.8 Å². The SMILES string of the molecule is CCNC(=NCC(F)(F)F)Nc1nc(C)ncc1CSc1nnc(-c2ccc([N+](=O)[O-])cc2)o1. The third kappa shape index (κ3) is 7.13. The van der Waals surface area contributed by atoms with Crippen LogP contribution in [0.4, 0.5) is 24.7 Å². The molecule has 15 heteroatoms. The molecule has 0 spiro atoms. The molecule has 180 valence electrons. The molecular formula is C19H19F3N8O3S. The maximum absolute atomic E-state index is 12.6. The van der Waals surface area contributed by atoms with E-state index in [-0.39, 0.29) is 34.3 Å². The summed E-state index contributed by atoms with van der Waals surface area (Å²) in [7, 11) is 0. The molecular weight excluding hydrogens is 477 g/mol. The minimum Gasteiger partial charge on any atom is -0.411 e. The third-order valence-electron chi connectivity index (χ3n) is 4.07. The van der Waals surface area contributed by atoms with Crippen molar-refractivity contribution in [1.82, 2.24) is 25.5 Å². The van der Waals surface area contributed by atoms with Crippen LogP contribution in [0.1, 0.15) is 18.3 Å². The van der Waals surface area contributed by atoms with E-state index in [0.29, 0.717) is 23.5 Å². The molecule has 0 atom stereocenters. The second-order valence-corrected chi connectivity index (χ2v) is 7.62. The smallest absolute Gasteiger partial charge is 0.408 e. The van der Waals surface area contributed by atoms with Crippen LogP contribution in [0.3, 0.4) is 0 Å². The van der Waals surface area contributed by atoms with Crippen LogP contribution in [0.2, 0.25) is 0 Å². The largest absolute Gasteiger partial charge is 0.411 e. The maximum Gasteiger partial charge on any atom is 0.408 e. The number of nitrogens with zero attached hydrogens (tertiary/aromatic N) is 6. The van der Waals surface area contributed by atoms with E-state index in [0.717, 1.165) is 0 Å². The van der Waals surface area contributed by atoms with Gasteiger partial charge in [0.1, 0.15) is 18.2 Å². The van der Waals surface area contributed by atoms with Crippen LogP contribution in [0, 0.1) is 17.0 Å². The molecule has 0 aliphatic carbocycles. The molecule has 1 aromatic carbocycles. The number of guanidine groups is 1. The van der Waals surface area contributed by atoms with Crippen molar-refractivity contribution in [3.63, 3.8) is 0 Å². The van der Waals surface area contributed by atoms with E-state index in [9.17, 15) is 23.3 Å². The number of benzene rings is 1. The topological polar surface area (TPSA) is 144 Å². The van der Waals surface area contributed by atoms with Gasteiger partial charge in [-0.15, -0.1) is 10.2 Å². The van der Waals surface area contributed by atoms with Crippen LogP contribution in [-0.4, -0.2) is 50.3 Å². The van der Waals surface area contributed by atoms with E-state index in [1.54, 1.807) is 20.0 Å². The predicted octanol–water partition coefficient (Wildman–Crippen LogP) is 3.98. The highest BCUT2D eigenvalue weighted by Gasteiger charge is 2.27. The number of aromatic nitrogens is 4. The fourth-order valence-corrected chi connectivity index (χ4v) is 3.27. The van der Waals surface area contributed by atoms with Crippen LogP contribution >= 0.6 is 11.8 Å². The molecule has 0 aliphatic heterocycles. The molecule has 0 amide bonds. The summed E-state index contributed by atoms with van der Waals surface area (Å²) < 4.78 is 43.3. The Balaban J connectivity index is 1.72. The van der Waals surface area contributed by atoms with Gasteiger partial charge in [0.2, 0.25) is 5.89 Å². The van der Waals surface area contributed by atoms with Crippen molar-refractivity contribution >= 4 is 29.2 Å². The monoisotopic (exact) mass is 496 g/mol. The quantitative estimate of drug-likeness (QED) is 0.154. The molecule has 34 heavy (non-hydrogen) atoms. The number of non-ortho nitro benzene ring substituents is 1. The summed E-state index contributed by atoms with van der Waals surface area (Å²) in [6.45, 7) is 2.39. The average molecular weight is 496 g/mol. The van der Waals surface area contributed by atoms with E-state index >= 15 is 0 Å². The summed E-state index contributed by atoms with van der Waals surface area (Å²) in [4.78, 5) is 22.2. The summed E-state index contributed by atoms with van der Waals surface area (Å²) >= 11 is 1.17. The Morgan fingerprint density at radius 3 is 2.65 bits per heavy atom. The lowest BCUT2D eigenvalue weighted by atomic mass is 10.2. The second-order valence-electron chi connectivity index (χ2n) is 6.69. The zero-order chi connectivity index (χ0) is 24.7. The maximum atomic E-state index is 12.6. The fourth-order valence-electron chi connectivity index (χ4n) is 2.55. The van der Waals surface area contributed by atoms with Crippen molar-refractivity contribution in [2.24, 2.45) is 4.99 Å². The van der Waals surface area contributed by atoms with Crippen LogP contribution in [0.25, 0.3) is 11.5 Å². The van der Waals surface area contributed by atoms with Crippen molar-refractivity contribution in [1.29, 1.82) is 0 Å². The lowest BCUT2D eigenvalue weighted by Gasteiger charge is -2.14. The van der Waals surface area contributed by atoms with Gasteiger partial charge in [0.25, 0.3) is 10.9 Å². The van der Waals surface area contributed by atoms with E-state index in [1.807, 2.05) is 0 Å². The Bertz CT molecular complexity index is 1170. The number of hydrogen-bond donors (Lipinski definition) is 2. The van der Waals surface area contributed by atoms with Gasteiger partial charge in [-0.05, 0) is 26.0 Å². The summed E-state index contributed by atoms with van der Waals surface area (Å²) in [6, 6.07) is 5.66. The van der Waals surface area contributed by atoms with Crippen molar-refractivity contribution in [3.05, 3.63) is 52.0 Å². The molecule has 2 N–H and O–H groups in total. The molecule has 2 aromatic heterocycles. The number of nitro benzene ring substituents is 1. The number of alkyl halides is 3. The first kappa shape index (κ1) is 24.9. The zero-order valence-corrected chi connectivity index (χ0v) is 18.8. The number of aryl methyl sites for hydroxylation is 1. The number of halogens is 3. The predicted molar refractivity (Wildman–Crippen MR) is 118 cm³/mol. The Morgan fingerprint density at radius 2 is 2.00 bits per heavy atom. The van der Waals surface area contributed by atoms with Gasteiger partial charge in [-0.3, -0.25) is 10.1 Å². The molecule has 0 bridgehead atoms. The number of nitrogens with one attached hydrogen (secondary N) is 2. The Labute approximate surface area is 195 Å². The van der Waals surface area contributed by atoms with E-state index in [1.165, 1.54) is 36.0 Å². The van der Waals surface area contributed by atoms with Crippen LogP contribution in [-0.2, 0) is 5.75 Å². The van der Waals surface area contributed by atoms with E-state index < -0.39 is 17.6 Å². The summed E-state index contributed by atoms with van der Waals surface area (Å²) in [5.41, 5.74) is 1.03. The van der Waals surface area contributed by atoms with E-state index in [2.05, 4.69) is 35.8 Å². The summed E-state index contributed by atoms with van der Waals surface area (Å²) in [5, 5.41) is 24.4. The highest BCUT2D eigenvalue weighted by Crippen LogP contribution is 2.28. The lowest BCUT2D eigenvalue weighted by molar-refractivity contribution is -0.384. The van der Waals surface area contributed by atoms with Gasteiger partial charge < -0.3 is 15.1 Å². The molecule has 3 aromatic rings. The number of nitro groups is 1. The third-order valence-corrected chi connectivity index (χ3v) is 4.93.